The van der Waals surface area contributed by atoms with Crippen LogP contribution in [0.15, 0.2) is 54.6 Å². The van der Waals surface area contributed by atoms with Crippen LogP contribution >= 0.6 is 11.6 Å². The quantitative estimate of drug-likeness (QED) is 0.753. The average molecular weight is 373 g/mol. The van der Waals surface area contributed by atoms with Gasteiger partial charge < -0.3 is 10.2 Å². The number of nitrogens with zero attached hydrogens (tertiary/aromatic N) is 1. The molecule has 0 saturated carbocycles. The van der Waals surface area contributed by atoms with Crippen molar-refractivity contribution in [2.75, 3.05) is 13.6 Å². The molecule has 2 aromatic rings. The van der Waals surface area contributed by atoms with Gasteiger partial charge in [0.1, 0.15) is 5.41 Å². The van der Waals surface area contributed by atoms with Crippen LogP contribution in [-0.4, -0.2) is 30.3 Å². The summed E-state index contributed by atoms with van der Waals surface area (Å²) in [6.45, 7) is 4.27. The van der Waals surface area contributed by atoms with Gasteiger partial charge in [-0.15, -0.1) is 0 Å². The molecule has 0 aromatic heterocycles. The Morgan fingerprint density at radius 1 is 1.00 bits per heavy atom. The van der Waals surface area contributed by atoms with E-state index in [0.717, 1.165) is 11.1 Å². The van der Waals surface area contributed by atoms with Gasteiger partial charge in [-0.1, -0.05) is 54.1 Å². The molecule has 0 spiro atoms. The Hall–Kier alpha value is -2.33. The molecule has 0 atom stereocenters. The zero-order valence-corrected chi connectivity index (χ0v) is 16.2. The van der Waals surface area contributed by atoms with Crippen LogP contribution in [0.25, 0.3) is 0 Å². The smallest absolute Gasteiger partial charge is 0.237 e. The van der Waals surface area contributed by atoms with Gasteiger partial charge in [0.2, 0.25) is 11.8 Å². The molecule has 2 aromatic carbocycles. The number of halogens is 1. The molecular formula is C21H25ClN2O2. The summed E-state index contributed by atoms with van der Waals surface area (Å²) in [5, 5.41) is 3.55. The van der Waals surface area contributed by atoms with Crippen molar-refractivity contribution in [2.24, 2.45) is 5.41 Å². The Morgan fingerprint density at radius 2 is 1.62 bits per heavy atom. The van der Waals surface area contributed by atoms with Gasteiger partial charge in [0.05, 0.1) is 0 Å². The largest absolute Gasteiger partial charge is 0.355 e. The second-order valence-corrected chi connectivity index (χ2v) is 7.34. The Morgan fingerprint density at radius 3 is 2.23 bits per heavy atom. The van der Waals surface area contributed by atoms with E-state index in [4.69, 9.17) is 11.6 Å². The van der Waals surface area contributed by atoms with Gasteiger partial charge in [-0.3, -0.25) is 9.59 Å². The first-order chi connectivity index (χ1) is 12.3. The molecule has 0 unspecified atom stereocenters. The summed E-state index contributed by atoms with van der Waals surface area (Å²) in [4.78, 5) is 26.9. The number of benzene rings is 2. The predicted octanol–water partition coefficient (Wildman–Crippen LogP) is 3.68. The fourth-order valence-corrected chi connectivity index (χ4v) is 2.82. The monoisotopic (exact) mass is 372 g/mol. The molecule has 5 heteroatoms. The lowest BCUT2D eigenvalue weighted by Gasteiger charge is -2.28. The first-order valence-corrected chi connectivity index (χ1v) is 9.00. The highest BCUT2D eigenvalue weighted by Gasteiger charge is 2.37. The van der Waals surface area contributed by atoms with Crippen molar-refractivity contribution in [1.29, 1.82) is 0 Å². The molecule has 138 valence electrons. The molecule has 0 aliphatic carbocycles. The second-order valence-electron chi connectivity index (χ2n) is 6.90. The van der Waals surface area contributed by atoms with Crippen LogP contribution in [0, 0.1) is 5.41 Å². The van der Waals surface area contributed by atoms with Crippen molar-refractivity contribution >= 4 is 23.4 Å². The van der Waals surface area contributed by atoms with E-state index in [1.807, 2.05) is 54.6 Å². The lowest BCUT2D eigenvalue weighted by Crippen LogP contribution is -2.48. The number of carbonyl (C=O) groups excluding carboxylic acids is 2. The molecule has 2 amide bonds. The molecule has 0 heterocycles. The zero-order valence-electron chi connectivity index (χ0n) is 15.5. The number of hydrogen-bond donors (Lipinski definition) is 1. The molecule has 4 nitrogen and oxygen atoms in total. The molecule has 2 rings (SSSR count). The predicted molar refractivity (Wildman–Crippen MR) is 105 cm³/mol. The average Bonchev–Trinajstić information content (AvgIpc) is 2.63. The highest BCUT2D eigenvalue weighted by Crippen LogP contribution is 2.20. The van der Waals surface area contributed by atoms with Crippen molar-refractivity contribution in [1.82, 2.24) is 10.2 Å². The van der Waals surface area contributed by atoms with Crippen LogP contribution in [0.5, 0.6) is 0 Å². The van der Waals surface area contributed by atoms with Crippen LogP contribution in [-0.2, 0) is 22.6 Å². The highest BCUT2D eigenvalue weighted by molar-refractivity contribution is 6.30. The van der Waals surface area contributed by atoms with Crippen molar-refractivity contribution in [2.45, 2.75) is 26.8 Å². The van der Waals surface area contributed by atoms with Gasteiger partial charge in [-0.05, 0) is 43.5 Å². The van der Waals surface area contributed by atoms with Crippen LogP contribution in [0.1, 0.15) is 25.0 Å². The third-order valence-corrected chi connectivity index (χ3v) is 4.58. The summed E-state index contributed by atoms with van der Waals surface area (Å²) in [7, 11) is 1.72. The minimum absolute atomic E-state index is 0.203. The van der Waals surface area contributed by atoms with Gasteiger partial charge in [0.15, 0.2) is 0 Å². The van der Waals surface area contributed by atoms with E-state index in [1.165, 1.54) is 0 Å². The number of nitrogens with one attached hydrogen (secondary N) is 1. The minimum Gasteiger partial charge on any atom is -0.355 e. The van der Waals surface area contributed by atoms with Crippen LogP contribution in [0.2, 0.25) is 5.02 Å². The number of hydrogen-bond acceptors (Lipinski definition) is 2. The topological polar surface area (TPSA) is 49.4 Å². The molecule has 0 aliphatic rings. The molecule has 0 saturated heterocycles. The molecule has 0 bridgehead atoms. The maximum absolute atomic E-state index is 12.7. The normalized spacial score (nSPS) is 11.1. The van der Waals surface area contributed by atoms with Crippen LogP contribution in [0.3, 0.4) is 0 Å². The maximum atomic E-state index is 12.7. The summed E-state index contributed by atoms with van der Waals surface area (Å²) in [5.74, 6) is -0.471. The third kappa shape index (κ3) is 5.33. The van der Waals surface area contributed by atoms with Crippen molar-refractivity contribution in [3.63, 3.8) is 0 Å². The van der Waals surface area contributed by atoms with Gasteiger partial charge in [-0.2, -0.15) is 0 Å². The summed E-state index contributed by atoms with van der Waals surface area (Å²) in [6, 6.07) is 17.2. The summed E-state index contributed by atoms with van der Waals surface area (Å²) in [6.07, 6.45) is 0.688. The SMILES string of the molecule is CN(Cc1ccccc1)C(=O)C(C)(C)C(=O)NCCc1ccc(Cl)cc1. The molecule has 0 aliphatic heterocycles. The summed E-state index contributed by atoms with van der Waals surface area (Å²) in [5.41, 5.74) is 0.992. The van der Waals surface area contributed by atoms with Gasteiger partial charge in [-0.25, -0.2) is 0 Å². The molecule has 0 radical (unpaired) electrons. The zero-order chi connectivity index (χ0) is 19.2. The fraction of sp³-hybridized carbons (Fsp3) is 0.333. The van der Waals surface area contributed by atoms with E-state index in [2.05, 4.69) is 5.32 Å². The summed E-state index contributed by atoms with van der Waals surface area (Å²) < 4.78 is 0. The first kappa shape index (κ1) is 20.0. The Bertz CT molecular complexity index is 742. The van der Waals surface area contributed by atoms with Gasteiger partial charge in [0.25, 0.3) is 0 Å². The van der Waals surface area contributed by atoms with E-state index >= 15 is 0 Å². The van der Waals surface area contributed by atoms with E-state index in [0.29, 0.717) is 24.5 Å². The van der Waals surface area contributed by atoms with Crippen molar-refractivity contribution in [3.8, 4) is 0 Å². The third-order valence-electron chi connectivity index (χ3n) is 4.32. The highest BCUT2D eigenvalue weighted by atomic mass is 35.5. The number of amides is 2. The first-order valence-electron chi connectivity index (χ1n) is 8.63. The van der Waals surface area contributed by atoms with E-state index < -0.39 is 5.41 Å². The maximum Gasteiger partial charge on any atom is 0.237 e. The summed E-state index contributed by atoms with van der Waals surface area (Å²) >= 11 is 5.87. The van der Waals surface area contributed by atoms with Crippen LogP contribution in [0.4, 0.5) is 0 Å². The lowest BCUT2D eigenvalue weighted by molar-refractivity contribution is -0.148. The van der Waals surface area contributed by atoms with E-state index in [-0.39, 0.29) is 11.8 Å². The Labute approximate surface area is 160 Å². The number of carbonyl (C=O) groups is 2. The standard InChI is InChI=1S/C21H25ClN2O2/c1-21(2,20(26)24(3)15-17-7-5-4-6-8-17)19(25)23-14-13-16-9-11-18(22)12-10-16/h4-12H,13-15H2,1-3H3,(H,23,25). The van der Waals surface area contributed by atoms with Crippen molar-refractivity contribution in [3.05, 3.63) is 70.7 Å². The lowest BCUT2D eigenvalue weighted by atomic mass is 9.90. The molecule has 0 fully saturated rings. The molecule has 1 N–H and O–H groups in total. The van der Waals surface area contributed by atoms with Crippen LogP contribution < -0.4 is 5.32 Å². The van der Waals surface area contributed by atoms with E-state index in [9.17, 15) is 9.59 Å². The van der Waals surface area contributed by atoms with E-state index in [1.54, 1.807) is 25.8 Å². The minimum atomic E-state index is -1.12. The second kappa shape index (κ2) is 8.86. The van der Waals surface area contributed by atoms with Crippen molar-refractivity contribution < 1.29 is 9.59 Å². The fourth-order valence-electron chi connectivity index (χ4n) is 2.70. The molecular weight excluding hydrogens is 348 g/mol. The van der Waals surface area contributed by atoms with Gasteiger partial charge >= 0.3 is 0 Å². The number of rotatable bonds is 7. The molecule has 26 heavy (non-hydrogen) atoms. The Kier molecular flexibility index (Phi) is 6.81. The Balaban J connectivity index is 1.88. The van der Waals surface area contributed by atoms with Gasteiger partial charge in [0, 0.05) is 25.2 Å².